The lowest BCUT2D eigenvalue weighted by molar-refractivity contribution is -0.0332. The second-order valence-electron chi connectivity index (χ2n) is 2.85. The second kappa shape index (κ2) is 3.68. The van der Waals surface area contributed by atoms with Gasteiger partial charge >= 0.3 is 5.51 Å². The molecule has 1 aromatic rings. The smallest absolute Gasteiger partial charge is 0.368 e. The minimum Gasteiger partial charge on any atom is -0.368 e. The Kier molecular flexibility index (Phi) is 2.93. The third-order valence-corrected chi connectivity index (χ3v) is 2.11. The average Bonchev–Trinajstić information content (AvgIpc) is 2.27. The van der Waals surface area contributed by atoms with Crippen molar-refractivity contribution in [3.63, 3.8) is 0 Å². The monoisotopic (exact) mass is 226 g/mol. The average molecular weight is 226 g/mol. The maximum atomic E-state index is 12.0. The Morgan fingerprint density at radius 2 is 1.93 bits per heavy atom. The quantitative estimate of drug-likeness (QED) is 0.784. The van der Waals surface area contributed by atoms with Gasteiger partial charge in [0, 0.05) is 17.8 Å². The van der Waals surface area contributed by atoms with Crippen LogP contribution in [0.2, 0.25) is 0 Å². The van der Waals surface area contributed by atoms with E-state index in [9.17, 15) is 13.2 Å². The predicted octanol–water partition coefficient (Wildman–Crippen LogP) is 2.05. The number of alkyl halides is 3. The first-order chi connectivity index (χ1) is 6.31. The summed E-state index contributed by atoms with van der Waals surface area (Å²) in [5, 5.41) is 6.51. The van der Waals surface area contributed by atoms with Crippen LogP contribution >= 0.6 is 11.8 Å². The maximum absolute atomic E-state index is 12.0. The number of hydrogen-bond acceptors (Lipinski definition) is 4. The summed E-state index contributed by atoms with van der Waals surface area (Å²) in [6.45, 7) is 3.42. The van der Waals surface area contributed by atoms with Crippen LogP contribution in [0.1, 0.15) is 19.9 Å². The van der Waals surface area contributed by atoms with Crippen molar-refractivity contribution in [2.24, 2.45) is 0 Å². The summed E-state index contributed by atoms with van der Waals surface area (Å²) in [6.07, 6.45) is 0. The number of nitrogens with two attached hydrogens (primary N) is 1. The van der Waals surface area contributed by atoms with Crippen molar-refractivity contribution in [3.8, 4) is 0 Å². The van der Waals surface area contributed by atoms with Crippen molar-refractivity contribution >= 4 is 17.7 Å². The van der Waals surface area contributed by atoms with Gasteiger partial charge in [-0.05, 0) is 13.8 Å². The molecule has 0 aliphatic rings. The Bertz CT molecular complexity index is 319. The molecule has 0 aliphatic carbocycles. The van der Waals surface area contributed by atoms with Gasteiger partial charge in [0.25, 0.3) is 0 Å². The van der Waals surface area contributed by atoms with E-state index in [1.807, 2.05) is 0 Å². The zero-order chi connectivity index (χ0) is 10.9. The molecular formula is C6H9F3N4S. The molecule has 0 amide bonds. The highest BCUT2D eigenvalue weighted by molar-refractivity contribution is 8.00. The number of nitrogen functional groups attached to an aromatic ring is 1. The number of rotatable bonds is 2. The van der Waals surface area contributed by atoms with Crippen molar-refractivity contribution < 1.29 is 13.2 Å². The predicted molar refractivity (Wildman–Crippen MR) is 46.7 cm³/mol. The number of anilines is 1. The van der Waals surface area contributed by atoms with Gasteiger partial charge in [0.2, 0.25) is 11.1 Å². The fourth-order valence-corrected chi connectivity index (χ4v) is 1.64. The normalized spacial score (nSPS) is 12.4. The molecule has 80 valence electrons. The van der Waals surface area contributed by atoms with Gasteiger partial charge in [-0.25, -0.2) is 0 Å². The minimum absolute atomic E-state index is 0.00764. The van der Waals surface area contributed by atoms with Crippen molar-refractivity contribution in [3.05, 3.63) is 0 Å². The highest BCUT2D eigenvalue weighted by Gasteiger charge is 2.33. The van der Waals surface area contributed by atoms with E-state index in [0.717, 1.165) is 0 Å². The molecule has 2 N–H and O–H groups in total. The van der Waals surface area contributed by atoms with Gasteiger partial charge < -0.3 is 5.73 Å². The van der Waals surface area contributed by atoms with Crippen LogP contribution in [0.3, 0.4) is 0 Å². The van der Waals surface area contributed by atoms with Gasteiger partial charge in [-0.15, -0.1) is 10.2 Å². The summed E-state index contributed by atoms with van der Waals surface area (Å²) in [5.74, 6) is -0.00764. The third-order valence-electron chi connectivity index (χ3n) is 1.41. The van der Waals surface area contributed by atoms with Crippen molar-refractivity contribution in [2.75, 3.05) is 5.73 Å². The van der Waals surface area contributed by atoms with E-state index >= 15 is 0 Å². The fourth-order valence-electron chi connectivity index (χ4n) is 0.947. The lowest BCUT2D eigenvalue weighted by Gasteiger charge is -2.11. The molecule has 0 aliphatic heterocycles. The van der Waals surface area contributed by atoms with Gasteiger partial charge in [-0.3, -0.25) is 4.57 Å². The van der Waals surface area contributed by atoms with E-state index in [4.69, 9.17) is 5.73 Å². The zero-order valence-corrected chi connectivity index (χ0v) is 8.35. The SMILES string of the molecule is CC(C)n1c(N)nnc1SC(F)(F)F. The van der Waals surface area contributed by atoms with Gasteiger partial charge in [-0.1, -0.05) is 0 Å². The van der Waals surface area contributed by atoms with Crippen LogP contribution in [0.15, 0.2) is 5.16 Å². The first-order valence-electron chi connectivity index (χ1n) is 3.77. The molecule has 0 saturated heterocycles. The van der Waals surface area contributed by atoms with Crippen molar-refractivity contribution in [1.29, 1.82) is 0 Å². The molecule has 0 saturated carbocycles. The molecule has 4 nitrogen and oxygen atoms in total. The first-order valence-corrected chi connectivity index (χ1v) is 4.59. The van der Waals surface area contributed by atoms with Crippen LogP contribution in [0, 0.1) is 0 Å². The number of aromatic nitrogens is 3. The highest BCUT2D eigenvalue weighted by Crippen LogP contribution is 2.37. The molecule has 1 heterocycles. The summed E-state index contributed by atoms with van der Waals surface area (Å²) < 4.78 is 37.3. The topological polar surface area (TPSA) is 56.7 Å². The summed E-state index contributed by atoms with van der Waals surface area (Å²) >= 11 is -0.314. The van der Waals surface area contributed by atoms with E-state index in [0.29, 0.717) is 0 Å². The molecule has 8 heteroatoms. The number of halogens is 3. The van der Waals surface area contributed by atoms with Crippen molar-refractivity contribution in [1.82, 2.24) is 14.8 Å². The van der Waals surface area contributed by atoms with Crippen molar-refractivity contribution in [2.45, 2.75) is 30.6 Å². The molecule has 0 atom stereocenters. The van der Waals surface area contributed by atoms with E-state index in [1.54, 1.807) is 13.8 Å². The van der Waals surface area contributed by atoms with E-state index in [2.05, 4.69) is 10.2 Å². The van der Waals surface area contributed by atoms with Crippen LogP contribution in [0.5, 0.6) is 0 Å². The highest BCUT2D eigenvalue weighted by atomic mass is 32.2. The van der Waals surface area contributed by atoms with Gasteiger partial charge in [0.15, 0.2) is 0 Å². The van der Waals surface area contributed by atoms with Crippen LogP contribution in [-0.4, -0.2) is 20.3 Å². The molecule has 14 heavy (non-hydrogen) atoms. The molecule has 0 radical (unpaired) electrons. The molecule has 1 aromatic heterocycles. The Balaban J connectivity index is 2.98. The van der Waals surface area contributed by atoms with Crippen LogP contribution < -0.4 is 5.73 Å². The summed E-state index contributed by atoms with van der Waals surface area (Å²) in [5.41, 5.74) is 1.00. The Morgan fingerprint density at radius 1 is 1.36 bits per heavy atom. The van der Waals surface area contributed by atoms with E-state index in [-0.39, 0.29) is 28.9 Å². The Morgan fingerprint density at radius 3 is 2.36 bits per heavy atom. The molecule has 0 bridgehead atoms. The Hall–Kier alpha value is -0.920. The van der Waals surface area contributed by atoms with Gasteiger partial charge in [-0.2, -0.15) is 13.2 Å². The van der Waals surface area contributed by atoms with Crippen LogP contribution in [0.4, 0.5) is 19.1 Å². The van der Waals surface area contributed by atoms with Gasteiger partial charge in [0.05, 0.1) is 0 Å². The molecule has 1 rings (SSSR count). The summed E-state index contributed by atoms with van der Waals surface area (Å²) in [7, 11) is 0. The van der Waals surface area contributed by atoms with Crippen LogP contribution in [-0.2, 0) is 0 Å². The summed E-state index contributed by atoms with van der Waals surface area (Å²) in [4.78, 5) is 0. The largest absolute Gasteiger partial charge is 0.449 e. The second-order valence-corrected chi connectivity index (χ2v) is 3.88. The number of hydrogen-bond donors (Lipinski definition) is 1. The van der Waals surface area contributed by atoms with Crippen LogP contribution in [0.25, 0.3) is 0 Å². The van der Waals surface area contributed by atoms with E-state index < -0.39 is 5.51 Å². The fraction of sp³-hybridized carbons (Fsp3) is 0.667. The molecular weight excluding hydrogens is 217 g/mol. The minimum atomic E-state index is -4.37. The number of nitrogens with zero attached hydrogens (tertiary/aromatic N) is 3. The zero-order valence-electron chi connectivity index (χ0n) is 7.54. The molecule has 0 aromatic carbocycles. The molecule has 0 spiro atoms. The first kappa shape index (κ1) is 11.2. The maximum Gasteiger partial charge on any atom is 0.449 e. The molecule has 0 unspecified atom stereocenters. The molecule has 0 fully saturated rings. The third kappa shape index (κ3) is 2.53. The lowest BCUT2D eigenvalue weighted by Crippen LogP contribution is -2.09. The standard InChI is InChI=1S/C6H9F3N4S/c1-3(2)13-4(10)11-12-5(13)14-6(7,8)9/h3H,1-2H3,(H2,10,11). The Labute approximate surface area is 82.7 Å². The lowest BCUT2D eigenvalue weighted by atomic mass is 10.4. The summed E-state index contributed by atoms with van der Waals surface area (Å²) in [6, 6.07) is -0.199. The van der Waals surface area contributed by atoms with Gasteiger partial charge in [0.1, 0.15) is 0 Å². The number of thioether (sulfide) groups is 1. The van der Waals surface area contributed by atoms with E-state index in [1.165, 1.54) is 4.57 Å².